The summed E-state index contributed by atoms with van der Waals surface area (Å²) in [5, 5.41) is 12.3. The lowest BCUT2D eigenvalue weighted by Gasteiger charge is -2.24. The summed E-state index contributed by atoms with van der Waals surface area (Å²) < 4.78 is 0. The van der Waals surface area contributed by atoms with Gasteiger partial charge in [-0.1, -0.05) is 12.2 Å². The summed E-state index contributed by atoms with van der Waals surface area (Å²) in [6.07, 6.45) is 6.08. The molecule has 4 atom stereocenters. The third kappa shape index (κ3) is 2.71. The van der Waals surface area contributed by atoms with Gasteiger partial charge in [0.05, 0.1) is 11.8 Å². The first-order valence-electron chi connectivity index (χ1n) is 8.67. The molecule has 2 bridgehead atoms. The number of anilines is 2. The third-order valence-corrected chi connectivity index (χ3v) is 5.57. The van der Waals surface area contributed by atoms with Gasteiger partial charge in [0.1, 0.15) is 0 Å². The van der Waals surface area contributed by atoms with Crippen LogP contribution in [0.25, 0.3) is 0 Å². The molecule has 3 aliphatic rings. The minimum atomic E-state index is -0.903. The molecular weight excluding hydrogens is 320 g/mol. The fraction of sp³-hybridized carbons (Fsp3) is 0.421. The molecule has 0 spiro atoms. The number of carbonyl (C=O) groups is 3. The molecule has 2 amide bonds. The van der Waals surface area contributed by atoms with Crippen molar-refractivity contribution in [1.29, 1.82) is 0 Å². The van der Waals surface area contributed by atoms with E-state index < -0.39 is 17.8 Å². The van der Waals surface area contributed by atoms with Crippen LogP contribution in [0.1, 0.15) is 19.3 Å². The normalized spacial score (nSPS) is 30.1. The van der Waals surface area contributed by atoms with Gasteiger partial charge in [-0.25, -0.2) is 0 Å². The maximum atomic E-state index is 12.6. The van der Waals surface area contributed by atoms with Crippen LogP contribution in [-0.4, -0.2) is 29.4 Å². The van der Waals surface area contributed by atoms with E-state index >= 15 is 0 Å². The van der Waals surface area contributed by atoms with Gasteiger partial charge in [-0.2, -0.15) is 0 Å². The zero-order valence-corrected chi connectivity index (χ0v) is 13.7. The SMILES string of the molecule is O=C(O)[C@@H]1[C@H](C(=O)Nc2ccc(N3CCCC3=O)cc2)[C@H]2C=C[C@H]1C2. The molecule has 6 heteroatoms. The van der Waals surface area contributed by atoms with Gasteiger partial charge in [0.25, 0.3) is 0 Å². The second-order valence-corrected chi connectivity index (χ2v) is 7.02. The number of nitrogens with zero attached hydrogens (tertiary/aromatic N) is 1. The molecule has 0 radical (unpaired) electrons. The minimum absolute atomic E-state index is 0.00703. The van der Waals surface area contributed by atoms with Gasteiger partial charge < -0.3 is 15.3 Å². The van der Waals surface area contributed by atoms with Crippen LogP contribution in [0.3, 0.4) is 0 Å². The summed E-state index contributed by atoms with van der Waals surface area (Å²) in [6.45, 7) is 0.725. The maximum Gasteiger partial charge on any atom is 0.307 e. The number of aliphatic carboxylic acids is 1. The number of carboxylic acids is 1. The lowest BCUT2D eigenvalue weighted by atomic mass is 9.82. The molecule has 1 heterocycles. The number of nitrogens with one attached hydrogen (secondary N) is 1. The summed E-state index contributed by atoms with van der Waals surface area (Å²) >= 11 is 0. The summed E-state index contributed by atoms with van der Waals surface area (Å²) in [5.41, 5.74) is 1.45. The topological polar surface area (TPSA) is 86.7 Å². The predicted molar refractivity (Wildman–Crippen MR) is 92.0 cm³/mol. The van der Waals surface area contributed by atoms with E-state index in [1.807, 2.05) is 24.3 Å². The zero-order chi connectivity index (χ0) is 17.6. The Kier molecular flexibility index (Phi) is 3.82. The minimum Gasteiger partial charge on any atom is -0.481 e. The Morgan fingerprint density at radius 3 is 2.36 bits per heavy atom. The molecule has 25 heavy (non-hydrogen) atoms. The fourth-order valence-electron chi connectivity index (χ4n) is 4.39. The van der Waals surface area contributed by atoms with Gasteiger partial charge in [0.2, 0.25) is 11.8 Å². The quantitative estimate of drug-likeness (QED) is 0.823. The molecule has 0 aromatic heterocycles. The Bertz CT molecular complexity index is 755. The fourth-order valence-corrected chi connectivity index (χ4v) is 4.39. The van der Waals surface area contributed by atoms with Crippen molar-refractivity contribution >= 4 is 29.2 Å². The van der Waals surface area contributed by atoms with E-state index in [-0.39, 0.29) is 23.7 Å². The molecule has 1 saturated carbocycles. The van der Waals surface area contributed by atoms with Crippen LogP contribution in [-0.2, 0) is 14.4 Å². The first-order chi connectivity index (χ1) is 12.0. The lowest BCUT2D eigenvalue weighted by Crippen LogP contribution is -2.36. The molecule has 2 N–H and O–H groups in total. The van der Waals surface area contributed by atoms with Crippen LogP contribution in [0.4, 0.5) is 11.4 Å². The summed E-state index contributed by atoms with van der Waals surface area (Å²) in [7, 11) is 0. The van der Waals surface area contributed by atoms with Crippen molar-refractivity contribution in [2.24, 2.45) is 23.7 Å². The highest BCUT2D eigenvalue weighted by molar-refractivity contribution is 5.98. The lowest BCUT2D eigenvalue weighted by molar-refractivity contribution is -0.146. The Morgan fingerprint density at radius 2 is 1.76 bits per heavy atom. The Morgan fingerprint density at radius 1 is 1.08 bits per heavy atom. The molecule has 0 unspecified atom stereocenters. The van der Waals surface area contributed by atoms with E-state index in [1.54, 1.807) is 17.0 Å². The largest absolute Gasteiger partial charge is 0.481 e. The van der Waals surface area contributed by atoms with Crippen molar-refractivity contribution in [3.63, 3.8) is 0 Å². The Labute approximate surface area is 145 Å². The van der Waals surface area contributed by atoms with E-state index in [4.69, 9.17) is 0 Å². The first-order valence-corrected chi connectivity index (χ1v) is 8.67. The number of hydrogen-bond donors (Lipinski definition) is 2. The van der Waals surface area contributed by atoms with Crippen molar-refractivity contribution < 1.29 is 19.5 Å². The number of rotatable bonds is 4. The van der Waals surface area contributed by atoms with Crippen LogP contribution in [0.2, 0.25) is 0 Å². The van der Waals surface area contributed by atoms with Crippen molar-refractivity contribution in [2.45, 2.75) is 19.3 Å². The molecule has 1 aromatic carbocycles. The molecule has 2 fully saturated rings. The Hall–Kier alpha value is -2.63. The molecule has 4 rings (SSSR count). The number of allylic oxidation sites excluding steroid dienone is 2. The molecule has 2 aliphatic carbocycles. The highest BCUT2D eigenvalue weighted by atomic mass is 16.4. The number of carbonyl (C=O) groups excluding carboxylic acids is 2. The molecular formula is C19H20N2O4. The average Bonchev–Trinajstić information content (AvgIpc) is 3.30. The standard InChI is InChI=1S/C19H20N2O4/c22-15-2-1-9-21(15)14-7-5-13(6-8-14)20-18(23)16-11-3-4-12(10-11)17(16)19(24)25/h3-8,11-12,16-17H,1-2,9-10H2,(H,20,23)(H,24,25)/t11-,12-,16+,17-/m0/s1. The highest BCUT2D eigenvalue weighted by Crippen LogP contribution is 2.48. The molecule has 1 saturated heterocycles. The third-order valence-electron chi connectivity index (χ3n) is 5.57. The van der Waals surface area contributed by atoms with Crippen LogP contribution < -0.4 is 10.2 Å². The zero-order valence-electron chi connectivity index (χ0n) is 13.7. The maximum absolute atomic E-state index is 12.6. The van der Waals surface area contributed by atoms with E-state index in [2.05, 4.69) is 5.32 Å². The number of carboxylic acid groups (broad SMARTS) is 1. The Balaban J connectivity index is 1.47. The first kappa shape index (κ1) is 15.9. The molecule has 1 aromatic rings. The molecule has 130 valence electrons. The number of fused-ring (bicyclic) bond motifs is 2. The van der Waals surface area contributed by atoms with E-state index in [0.29, 0.717) is 12.1 Å². The number of benzene rings is 1. The van der Waals surface area contributed by atoms with E-state index in [9.17, 15) is 19.5 Å². The van der Waals surface area contributed by atoms with Crippen LogP contribution in [0.5, 0.6) is 0 Å². The van der Waals surface area contributed by atoms with Crippen molar-refractivity contribution in [1.82, 2.24) is 0 Å². The smallest absolute Gasteiger partial charge is 0.307 e. The second-order valence-electron chi connectivity index (χ2n) is 7.02. The van der Waals surface area contributed by atoms with Gasteiger partial charge in [-0.15, -0.1) is 0 Å². The van der Waals surface area contributed by atoms with E-state index in [0.717, 1.165) is 25.1 Å². The monoisotopic (exact) mass is 340 g/mol. The number of amides is 2. The predicted octanol–water partition coefficient (Wildman–Crippen LogP) is 2.27. The average molecular weight is 340 g/mol. The molecule has 1 aliphatic heterocycles. The van der Waals surface area contributed by atoms with Gasteiger partial charge in [-0.05, 0) is 48.9 Å². The summed E-state index contributed by atoms with van der Waals surface area (Å²) in [5.74, 6) is -2.22. The van der Waals surface area contributed by atoms with Gasteiger partial charge in [0, 0.05) is 24.3 Å². The van der Waals surface area contributed by atoms with Gasteiger partial charge in [-0.3, -0.25) is 14.4 Å². The van der Waals surface area contributed by atoms with E-state index in [1.165, 1.54) is 0 Å². The van der Waals surface area contributed by atoms with Crippen molar-refractivity contribution in [3.05, 3.63) is 36.4 Å². The highest BCUT2D eigenvalue weighted by Gasteiger charge is 2.51. The van der Waals surface area contributed by atoms with Gasteiger partial charge in [0.15, 0.2) is 0 Å². The van der Waals surface area contributed by atoms with Crippen LogP contribution in [0.15, 0.2) is 36.4 Å². The van der Waals surface area contributed by atoms with Crippen molar-refractivity contribution in [2.75, 3.05) is 16.8 Å². The summed E-state index contributed by atoms with van der Waals surface area (Å²) in [6, 6.07) is 7.15. The van der Waals surface area contributed by atoms with Crippen LogP contribution in [0, 0.1) is 23.7 Å². The van der Waals surface area contributed by atoms with Crippen molar-refractivity contribution in [3.8, 4) is 0 Å². The molecule has 6 nitrogen and oxygen atoms in total. The summed E-state index contributed by atoms with van der Waals surface area (Å²) in [4.78, 5) is 37.7. The van der Waals surface area contributed by atoms with Crippen LogP contribution >= 0.6 is 0 Å². The van der Waals surface area contributed by atoms with Gasteiger partial charge >= 0.3 is 5.97 Å². The number of hydrogen-bond acceptors (Lipinski definition) is 3. The second kappa shape index (κ2) is 6.02.